The summed E-state index contributed by atoms with van der Waals surface area (Å²) in [7, 11) is 1.68. The lowest BCUT2D eigenvalue weighted by atomic mass is 9.72. The predicted molar refractivity (Wildman–Crippen MR) is 101 cm³/mol. The van der Waals surface area contributed by atoms with E-state index in [9.17, 15) is 20.1 Å². The Morgan fingerprint density at radius 2 is 1.92 bits per heavy atom. The second-order valence-electron chi connectivity index (χ2n) is 6.58. The molecule has 0 radical (unpaired) electrons. The fourth-order valence-corrected chi connectivity index (χ4v) is 3.99. The number of benzene rings is 1. The Balaban J connectivity index is 2.27. The topological polar surface area (TPSA) is 97.0 Å². The van der Waals surface area contributed by atoms with Gasteiger partial charge in [-0.25, -0.2) is 0 Å². The van der Waals surface area contributed by atoms with Gasteiger partial charge in [0.05, 0.1) is 28.0 Å². The number of hydrogen-bond donors (Lipinski definition) is 1. The molecule has 0 unspecified atom stereocenters. The molecule has 2 atom stereocenters. The van der Waals surface area contributed by atoms with E-state index in [1.165, 1.54) is 4.90 Å². The quantitative estimate of drug-likeness (QED) is 0.881. The first-order valence-electron chi connectivity index (χ1n) is 8.08. The summed E-state index contributed by atoms with van der Waals surface area (Å²) >= 11 is 1.13. The molecule has 0 fully saturated rings. The van der Waals surface area contributed by atoms with Gasteiger partial charge in [0.1, 0.15) is 5.92 Å². The molecule has 1 aliphatic heterocycles. The van der Waals surface area contributed by atoms with Gasteiger partial charge in [-0.2, -0.15) is 10.5 Å². The number of allylic oxidation sites excluding steroid dienone is 1. The largest absolute Gasteiger partial charge is 0.319 e. The molecule has 1 aromatic rings. The van der Waals surface area contributed by atoms with Crippen molar-refractivity contribution < 1.29 is 9.59 Å². The number of nitriles is 2. The molecule has 7 heteroatoms. The zero-order valence-electron chi connectivity index (χ0n) is 15.1. The molecule has 134 valence electrons. The Morgan fingerprint density at radius 1 is 1.31 bits per heavy atom. The number of rotatable bonds is 4. The van der Waals surface area contributed by atoms with Crippen molar-refractivity contribution in [3.8, 4) is 12.1 Å². The average molecular weight is 368 g/mol. The van der Waals surface area contributed by atoms with E-state index in [4.69, 9.17) is 0 Å². The maximum atomic E-state index is 12.7. The number of para-hydroxylation sites is 1. The maximum absolute atomic E-state index is 12.7. The van der Waals surface area contributed by atoms with Crippen LogP contribution in [0.5, 0.6) is 0 Å². The van der Waals surface area contributed by atoms with Crippen molar-refractivity contribution >= 4 is 29.3 Å². The minimum atomic E-state index is -0.945. The first-order valence-corrected chi connectivity index (χ1v) is 8.96. The lowest BCUT2D eigenvalue weighted by Crippen LogP contribution is -2.45. The monoisotopic (exact) mass is 368 g/mol. The zero-order valence-corrected chi connectivity index (χ0v) is 15.9. The van der Waals surface area contributed by atoms with Crippen LogP contribution in [0.4, 0.5) is 5.69 Å². The molecule has 1 aliphatic rings. The lowest BCUT2D eigenvalue weighted by Gasteiger charge is -2.35. The standard InChI is InChI=1S/C19H20N4O2S/c1-12(18(25)23(4)13-8-6-5-7-9-13)26-17-15(11-21)19(2,3)14(10-20)16(24)22-17/h5-9,12,14H,1-4H3,(H,22,24)/t12-,14+/m1/s1. The third kappa shape index (κ3) is 3.58. The Bertz CT molecular complexity index is 833. The molecule has 1 heterocycles. The van der Waals surface area contributed by atoms with Crippen LogP contribution < -0.4 is 10.2 Å². The zero-order chi connectivity index (χ0) is 19.5. The molecule has 0 saturated carbocycles. The lowest BCUT2D eigenvalue weighted by molar-refractivity contribution is -0.125. The van der Waals surface area contributed by atoms with Crippen LogP contribution in [0, 0.1) is 34.0 Å². The minimum absolute atomic E-state index is 0.152. The molecule has 2 rings (SSSR count). The average Bonchev–Trinajstić information content (AvgIpc) is 2.60. The van der Waals surface area contributed by atoms with Gasteiger partial charge in [0.25, 0.3) is 0 Å². The highest BCUT2D eigenvalue weighted by Crippen LogP contribution is 2.42. The summed E-state index contributed by atoms with van der Waals surface area (Å²) < 4.78 is 0. The van der Waals surface area contributed by atoms with Crippen LogP contribution in [-0.4, -0.2) is 24.1 Å². The predicted octanol–water partition coefficient (Wildman–Crippen LogP) is 2.80. The first kappa shape index (κ1) is 19.6. The fraction of sp³-hybridized carbons (Fsp3) is 0.368. The highest BCUT2D eigenvalue weighted by molar-refractivity contribution is 8.04. The summed E-state index contributed by atoms with van der Waals surface area (Å²) in [6, 6.07) is 13.3. The van der Waals surface area contributed by atoms with Crippen LogP contribution in [0.3, 0.4) is 0 Å². The maximum Gasteiger partial charge on any atom is 0.243 e. The van der Waals surface area contributed by atoms with Crippen molar-refractivity contribution in [2.75, 3.05) is 11.9 Å². The number of carbonyl (C=O) groups excluding carboxylic acids is 2. The van der Waals surface area contributed by atoms with E-state index in [-0.39, 0.29) is 5.91 Å². The van der Waals surface area contributed by atoms with E-state index in [2.05, 4.69) is 11.4 Å². The summed E-state index contributed by atoms with van der Waals surface area (Å²) in [5.41, 5.74) is 0.162. The second-order valence-corrected chi connectivity index (χ2v) is 7.93. The second kappa shape index (κ2) is 7.63. The Kier molecular flexibility index (Phi) is 5.74. The van der Waals surface area contributed by atoms with E-state index >= 15 is 0 Å². The van der Waals surface area contributed by atoms with Crippen molar-refractivity contribution in [2.24, 2.45) is 11.3 Å². The van der Waals surface area contributed by atoms with E-state index < -0.39 is 22.5 Å². The number of hydrogen-bond acceptors (Lipinski definition) is 5. The molecule has 6 nitrogen and oxygen atoms in total. The summed E-state index contributed by atoms with van der Waals surface area (Å²) in [6.45, 7) is 5.12. The fourth-order valence-electron chi connectivity index (χ4n) is 2.79. The molecule has 0 aromatic heterocycles. The molecule has 0 spiro atoms. The SMILES string of the molecule is C[C@@H](SC1=C(C#N)C(C)(C)[C@@H](C#N)C(=O)N1)C(=O)N(C)c1ccccc1. The van der Waals surface area contributed by atoms with Gasteiger partial charge in [-0.3, -0.25) is 9.59 Å². The van der Waals surface area contributed by atoms with Gasteiger partial charge >= 0.3 is 0 Å². The van der Waals surface area contributed by atoms with Crippen LogP contribution in [0.2, 0.25) is 0 Å². The van der Waals surface area contributed by atoms with Crippen molar-refractivity contribution in [2.45, 2.75) is 26.0 Å². The van der Waals surface area contributed by atoms with Gasteiger partial charge in [0, 0.05) is 18.2 Å². The normalized spacial score (nSPS) is 19.8. The highest BCUT2D eigenvalue weighted by Gasteiger charge is 2.45. The van der Waals surface area contributed by atoms with E-state index in [0.29, 0.717) is 10.6 Å². The molecule has 26 heavy (non-hydrogen) atoms. The van der Waals surface area contributed by atoms with Gasteiger partial charge in [-0.1, -0.05) is 43.8 Å². The molecular formula is C19H20N4O2S. The molecule has 1 N–H and O–H groups in total. The van der Waals surface area contributed by atoms with Crippen molar-refractivity contribution in [3.05, 3.63) is 40.9 Å². The van der Waals surface area contributed by atoms with Gasteiger partial charge in [-0.05, 0) is 19.1 Å². The van der Waals surface area contributed by atoms with Gasteiger partial charge in [0.15, 0.2) is 0 Å². The van der Waals surface area contributed by atoms with E-state index in [0.717, 1.165) is 17.4 Å². The number of amides is 2. The van der Waals surface area contributed by atoms with Crippen LogP contribution >= 0.6 is 11.8 Å². The Morgan fingerprint density at radius 3 is 2.46 bits per heavy atom. The van der Waals surface area contributed by atoms with Crippen molar-refractivity contribution in [3.63, 3.8) is 0 Å². The van der Waals surface area contributed by atoms with Crippen LogP contribution in [0.25, 0.3) is 0 Å². The van der Waals surface area contributed by atoms with Gasteiger partial charge < -0.3 is 10.2 Å². The first-order chi connectivity index (χ1) is 12.2. The molecule has 2 amide bonds. The number of nitrogens with zero attached hydrogens (tertiary/aromatic N) is 3. The molecule has 0 saturated heterocycles. The summed E-state index contributed by atoms with van der Waals surface area (Å²) in [6.07, 6.45) is 0. The molecule has 0 bridgehead atoms. The Labute approximate surface area is 157 Å². The van der Waals surface area contributed by atoms with Crippen molar-refractivity contribution in [1.29, 1.82) is 10.5 Å². The van der Waals surface area contributed by atoms with E-state index in [1.807, 2.05) is 36.4 Å². The van der Waals surface area contributed by atoms with Crippen LogP contribution in [-0.2, 0) is 9.59 Å². The smallest absolute Gasteiger partial charge is 0.243 e. The Hall–Kier alpha value is -2.77. The number of nitrogens with one attached hydrogen (secondary N) is 1. The molecular weight excluding hydrogens is 348 g/mol. The number of anilines is 1. The van der Waals surface area contributed by atoms with Crippen molar-refractivity contribution in [1.82, 2.24) is 5.32 Å². The molecule has 1 aromatic carbocycles. The van der Waals surface area contributed by atoms with Gasteiger partial charge in [0.2, 0.25) is 11.8 Å². The summed E-state index contributed by atoms with van der Waals surface area (Å²) in [5.74, 6) is -1.55. The third-order valence-corrected chi connectivity index (χ3v) is 5.55. The minimum Gasteiger partial charge on any atom is -0.319 e. The van der Waals surface area contributed by atoms with E-state index in [1.54, 1.807) is 27.8 Å². The number of carbonyl (C=O) groups is 2. The van der Waals surface area contributed by atoms with Crippen LogP contribution in [0.15, 0.2) is 40.9 Å². The number of thioether (sulfide) groups is 1. The summed E-state index contributed by atoms with van der Waals surface area (Å²) in [5, 5.41) is 21.3. The third-order valence-electron chi connectivity index (χ3n) is 4.45. The van der Waals surface area contributed by atoms with Crippen LogP contribution in [0.1, 0.15) is 20.8 Å². The molecule has 0 aliphatic carbocycles. The van der Waals surface area contributed by atoms with Gasteiger partial charge in [-0.15, -0.1) is 0 Å². The highest BCUT2D eigenvalue weighted by atomic mass is 32.2. The summed E-state index contributed by atoms with van der Waals surface area (Å²) in [4.78, 5) is 26.5.